The van der Waals surface area contributed by atoms with Crippen LogP contribution in [0.15, 0.2) is 39.7 Å². The number of carboxylic acid groups (broad SMARTS) is 1. The van der Waals surface area contributed by atoms with Crippen LogP contribution in [-0.4, -0.2) is 25.2 Å². The minimum atomic E-state index is -1.11. The molecule has 0 aliphatic heterocycles. The van der Waals surface area contributed by atoms with Crippen molar-refractivity contribution in [2.24, 2.45) is 0 Å². The zero-order valence-electron chi connectivity index (χ0n) is 10.6. The number of hydrogen-bond acceptors (Lipinski definition) is 4. The minimum absolute atomic E-state index is 0.214. The van der Waals surface area contributed by atoms with E-state index in [2.05, 4.69) is 0 Å². The lowest BCUT2D eigenvalue weighted by atomic mass is 10.1. The van der Waals surface area contributed by atoms with E-state index in [4.69, 9.17) is 9.52 Å². The fraction of sp³-hybridized carbons (Fsp3) is 0.143. The number of hydrogen-bond donors (Lipinski definition) is 1. The van der Waals surface area contributed by atoms with Crippen molar-refractivity contribution < 1.29 is 14.3 Å². The summed E-state index contributed by atoms with van der Waals surface area (Å²) in [6.45, 7) is 0. The molecule has 5 nitrogen and oxygen atoms in total. The van der Waals surface area contributed by atoms with Gasteiger partial charge in [-0.2, -0.15) is 0 Å². The molecule has 0 bridgehead atoms. The van der Waals surface area contributed by atoms with E-state index in [9.17, 15) is 9.59 Å². The van der Waals surface area contributed by atoms with Gasteiger partial charge < -0.3 is 14.4 Å². The summed E-state index contributed by atoms with van der Waals surface area (Å²) in [6, 6.07) is 5.29. The summed E-state index contributed by atoms with van der Waals surface area (Å²) in [5.41, 5.74) is 1.32. The Labute approximate surface area is 109 Å². The highest BCUT2D eigenvalue weighted by molar-refractivity contribution is 5.87. The van der Waals surface area contributed by atoms with Gasteiger partial charge in [-0.05, 0) is 24.3 Å². The van der Waals surface area contributed by atoms with E-state index in [1.807, 2.05) is 25.1 Å². The molecule has 0 amide bonds. The van der Waals surface area contributed by atoms with Gasteiger partial charge in [0, 0.05) is 25.9 Å². The molecule has 0 aliphatic carbocycles. The van der Waals surface area contributed by atoms with Crippen molar-refractivity contribution in [3.05, 3.63) is 46.3 Å². The van der Waals surface area contributed by atoms with Gasteiger partial charge in [-0.1, -0.05) is 0 Å². The Kier molecular flexibility index (Phi) is 3.37. The Bertz CT molecular complexity index is 713. The van der Waals surface area contributed by atoms with E-state index in [0.717, 1.165) is 11.8 Å². The minimum Gasteiger partial charge on any atom is -0.478 e. The van der Waals surface area contributed by atoms with E-state index >= 15 is 0 Å². The third-order valence-electron chi connectivity index (χ3n) is 2.70. The van der Waals surface area contributed by atoms with Crippen molar-refractivity contribution in [1.29, 1.82) is 0 Å². The highest BCUT2D eigenvalue weighted by Gasteiger charge is 2.07. The maximum atomic E-state index is 12.2. The quantitative estimate of drug-likeness (QED) is 0.853. The number of fused-ring (bicyclic) bond motifs is 1. The molecule has 0 radical (unpaired) electrons. The number of nitrogens with zero attached hydrogens (tertiary/aromatic N) is 1. The largest absolute Gasteiger partial charge is 0.478 e. The predicted octanol–water partition coefficient (Wildman–Crippen LogP) is 1.96. The van der Waals surface area contributed by atoms with Gasteiger partial charge in [0.25, 0.3) is 0 Å². The lowest BCUT2D eigenvalue weighted by molar-refractivity contribution is -0.131. The lowest BCUT2D eigenvalue weighted by Gasteiger charge is -2.12. The van der Waals surface area contributed by atoms with Crippen molar-refractivity contribution in [2.75, 3.05) is 19.0 Å². The lowest BCUT2D eigenvalue weighted by Crippen LogP contribution is -2.10. The molecular weight excluding hydrogens is 246 g/mol. The molecule has 2 rings (SSSR count). The van der Waals surface area contributed by atoms with Crippen LogP contribution < -0.4 is 10.3 Å². The van der Waals surface area contributed by atoms with E-state index in [0.29, 0.717) is 11.0 Å². The molecule has 0 fully saturated rings. The molecule has 0 aliphatic rings. The number of carboxylic acids is 1. The van der Waals surface area contributed by atoms with Gasteiger partial charge >= 0.3 is 5.97 Å². The first kappa shape index (κ1) is 12.9. The highest BCUT2D eigenvalue weighted by atomic mass is 16.4. The average Bonchev–Trinajstić information content (AvgIpc) is 2.37. The van der Waals surface area contributed by atoms with Gasteiger partial charge in [0.2, 0.25) is 0 Å². The molecule has 0 unspecified atom stereocenters. The van der Waals surface area contributed by atoms with Crippen LogP contribution in [0.2, 0.25) is 0 Å². The molecule has 1 aromatic carbocycles. The zero-order valence-corrected chi connectivity index (χ0v) is 10.6. The maximum absolute atomic E-state index is 12.2. The van der Waals surface area contributed by atoms with Gasteiger partial charge in [0.05, 0.1) is 10.9 Å². The van der Waals surface area contributed by atoms with Crippen LogP contribution in [0.25, 0.3) is 17.0 Å². The Morgan fingerprint density at radius 3 is 2.74 bits per heavy atom. The maximum Gasteiger partial charge on any atom is 0.328 e. The number of rotatable bonds is 3. The van der Waals surface area contributed by atoms with E-state index < -0.39 is 5.97 Å². The number of anilines is 1. The molecule has 5 heteroatoms. The van der Waals surface area contributed by atoms with Crippen molar-refractivity contribution in [2.45, 2.75) is 0 Å². The van der Waals surface area contributed by atoms with Crippen LogP contribution >= 0.6 is 0 Å². The first-order chi connectivity index (χ1) is 8.99. The third-order valence-corrected chi connectivity index (χ3v) is 2.70. The van der Waals surface area contributed by atoms with Crippen molar-refractivity contribution in [1.82, 2.24) is 0 Å². The summed E-state index contributed by atoms with van der Waals surface area (Å²) in [5, 5.41) is 9.00. The van der Waals surface area contributed by atoms with Gasteiger partial charge in [0.1, 0.15) is 11.8 Å². The van der Waals surface area contributed by atoms with Crippen LogP contribution in [0.1, 0.15) is 5.56 Å². The van der Waals surface area contributed by atoms with Crippen LogP contribution in [0.4, 0.5) is 5.69 Å². The Hall–Kier alpha value is -2.56. The molecule has 19 heavy (non-hydrogen) atoms. The fourth-order valence-corrected chi connectivity index (χ4v) is 1.69. The second-order valence-corrected chi connectivity index (χ2v) is 4.27. The molecule has 2 aromatic rings. The average molecular weight is 259 g/mol. The molecule has 0 spiro atoms. The van der Waals surface area contributed by atoms with E-state index in [-0.39, 0.29) is 11.0 Å². The fourth-order valence-electron chi connectivity index (χ4n) is 1.69. The SMILES string of the molecule is CN(C)c1ccc2occ(/C=C/C(=O)O)c(=O)c2c1. The van der Waals surface area contributed by atoms with Gasteiger partial charge in [-0.3, -0.25) is 4.79 Å². The van der Waals surface area contributed by atoms with Gasteiger partial charge in [0.15, 0.2) is 5.43 Å². The highest BCUT2D eigenvalue weighted by Crippen LogP contribution is 2.19. The predicted molar refractivity (Wildman–Crippen MR) is 73.5 cm³/mol. The molecule has 1 heterocycles. The van der Waals surface area contributed by atoms with Crippen molar-refractivity contribution in [3.63, 3.8) is 0 Å². The Balaban J connectivity index is 2.62. The molecule has 0 saturated carbocycles. The summed E-state index contributed by atoms with van der Waals surface area (Å²) >= 11 is 0. The molecule has 0 atom stereocenters. The monoisotopic (exact) mass is 259 g/mol. The standard InChI is InChI=1S/C14H13NO4/c1-15(2)10-4-5-12-11(7-10)14(18)9(8-19-12)3-6-13(16)17/h3-8H,1-2H3,(H,16,17)/b6-3+. The summed E-state index contributed by atoms with van der Waals surface area (Å²) in [4.78, 5) is 24.5. The van der Waals surface area contributed by atoms with Crippen molar-refractivity contribution in [3.8, 4) is 0 Å². The van der Waals surface area contributed by atoms with Crippen molar-refractivity contribution >= 4 is 28.7 Å². The topological polar surface area (TPSA) is 70.8 Å². The van der Waals surface area contributed by atoms with Crippen LogP contribution in [-0.2, 0) is 4.79 Å². The smallest absolute Gasteiger partial charge is 0.328 e. The second kappa shape index (κ2) is 4.97. The number of aliphatic carboxylic acids is 1. The number of benzene rings is 1. The Morgan fingerprint density at radius 2 is 2.11 bits per heavy atom. The van der Waals surface area contributed by atoms with E-state index in [1.165, 1.54) is 12.3 Å². The zero-order chi connectivity index (χ0) is 14.0. The summed E-state index contributed by atoms with van der Waals surface area (Å²) in [7, 11) is 3.74. The van der Waals surface area contributed by atoms with Crippen LogP contribution in [0.5, 0.6) is 0 Å². The second-order valence-electron chi connectivity index (χ2n) is 4.27. The molecule has 0 saturated heterocycles. The third kappa shape index (κ3) is 2.65. The summed E-state index contributed by atoms with van der Waals surface area (Å²) < 4.78 is 5.33. The molecule has 1 aromatic heterocycles. The van der Waals surface area contributed by atoms with Gasteiger partial charge in [-0.15, -0.1) is 0 Å². The molecule has 1 N–H and O–H groups in total. The summed E-state index contributed by atoms with van der Waals surface area (Å²) in [5.74, 6) is -1.11. The van der Waals surface area contributed by atoms with E-state index in [1.54, 1.807) is 12.1 Å². The first-order valence-corrected chi connectivity index (χ1v) is 5.63. The van der Waals surface area contributed by atoms with Gasteiger partial charge in [-0.25, -0.2) is 4.79 Å². The Morgan fingerprint density at radius 1 is 1.37 bits per heavy atom. The molecule has 98 valence electrons. The normalized spacial score (nSPS) is 11.1. The summed E-state index contributed by atoms with van der Waals surface area (Å²) in [6.07, 6.45) is 3.41. The first-order valence-electron chi connectivity index (χ1n) is 5.63. The number of carbonyl (C=O) groups is 1. The molecular formula is C14H13NO4. The van der Waals surface area contributed by atoms with Crippen LogP contribution in [0, 0.1) is 0 Å². The van der Waals surface area contributed by atoms with Crippen LogP contribution in [0.3, 0.4) is 0 Å².